The number of anilines is 1. The Morgan fingerprint density at radius 2 is 1.92 bits per heavy atom. The van der Waals surface area contributed by atoms with Gasteiger partial charge in [-0.2, -0.15) is 10.4 Å². The molecule has 0 saturated carbocycles. The molecular weight excluding hydrogens is 304 g/mol. The van der Waals surface area contributed by atoms with E-state index in [4.69, 9.17) is 0 Å². The van der Waals surface area contributed by atoms with Crippen LogP contribution in [0.25, 0.3) is 5.57 Å². The largest absolute Gasteiger partial charge is 0.269 e. The average Bonchev–Trinajstić information content (AvgIpc) is 3.09. The fraction of sp³-hybridized carbons (Fsp3) is 0.111. The maximum Gasteiger partial charge on any atom is 0.269 e. The highest BCUT2D eigenvalue weighted by molar-refractivity contribution is 6.04. The van der Waals surface area contributed by atoms with Crippen LogP contribution in [0.5, 0.6) is 0 Å². The Kier molecular flexibility index (Phi) is 4.34. The van der Waals surface area contributed by atoms with Gasteiger partial charge in [-0.15, -0.1) is 0 Å². The molecule has 0 radical (unpaired) electrons. The van der Waals surface area contributed by atoms with Gasteiger partial charge >= 0.3 is 0 Å². The van der Waals surface area contributed by atoms with E-state index in [2.05, 4.69) is 11.2 Å². The first-order chi connectivity index (χ1) is 11.7. The molecule has 1 heterocycles. The third-order valence-electron chi connectivity index (χ3n) is 3.70. The van der Waals surface area contributed by atoms with Crippen molar-refractivity contribution in [3.63, 3.8) is 0 Å². The van der Waals surface area contributed by atoms with Crippen LogP contribution < -0.4 is 5.01 Å². The second-order valence-corrected chi connectivity index (χ2v) is 5.27. The summed E-state index contributed by atoms with van der Waals surface area (Å²) in [5.74, 6) is 0. The fourth-order valence-corrected chi connectivity index (χ4v) is 2.47. The van der Waals surface area contributed by atoms with Crippen LogP contribution in [0.1, 0.15) is 12.0 Å². The van der Waals surface area contributed by atoms with E-state index < -0.39 is 4.92 Å². The van der Waals surface area contributed by atoms with E-state index in [-0.39, 0.29) is 5.69 Å². The van der Waals surface area contributed by atoms with Crippen molar-refractivity contribution in [2.45, 2.75) is 6.42 Å². The number of rotatable bonds is 4. The number of nitrogens with zero attached hydrogens (tertiary/aromatic N) is 4. The van der Waals surface area contributed by atoms with Gasteiger partial charge < -0.3 is 0 Å². The van der Waals surface area contributed by atoms with Crippen molar-refractivity contribution >= 4 is 22.7 Å². The number of para-hydroxylation sites is 1. The highest BCUT2D eigenvalue weighted by atomic mass is 16.6. The van der Waals surface area contributed by atoms with Crippen LogP contribution in [0, 0.1) is 21.4 Å². The number of non-ortho nitro benzene ring substituents is 1. The normalized spacial score (nSPS) is 14.2. The Bertz CT molecular complexity index is 849. The fourth-order valence-electron chi connectivity index (χ4n) is 2.47. The third kappa shape index (κ3) is 3.31. The molecule has 0 saturated heterocycles. The monoisotopic (exact) mass is 318 g/mol. The minimum absolute atomic E-state index is 0.00417. The number of hydrogen-bond donors (Lipinski definition) is 0. The van der Waals surface area contributed by atoms with Crippen molar-refractivity contribution in [1.29, 1.82) is 5.26 Å². The lowest BCUT2D eigenvalue weighted by Crippen LogP contribution is -2.11. The molecule has 0 spiro atoms. The standard InChI is InChI=1S/C18H14N4O2/c19-13-15(14-6-8-18(9-7-14)22(23)24)12-16-10-11-21(20-16)17-4-2-1-3-5-17/h1-9,12H,10-11H2/b15-12-. The topological polar surface area (TPSA) is 82.5 Å². The van der Waals surface area contributed by atoms with E-state index in [1.54, 1.807) is 18.2 Å². The molecule has 6 heteroatoms. The quantitative estimate of drug-likeness (QED) is 0.488. The van der Waals surface area contributed by atoms with E-state index >= 15 is 0 Å². The summed E-state index contributed by atoms with van der Waals surface area (Å²) in [7, 11) is 0. The van der Waals surface area contributed by atoms with E-state index in [9.17, 15) is 15.4 Å². The van der Waals surface area contributed by atoms with Crippen molar-refractivity contribution in [2.75, 3.05) is 11.6 Å². The van der Waals surface area contributed by atoms with Gasteiger partial charge in [-0.3, -0.25) is 15.1 Å². The van der Waals surface area contributed by atoms with Crippen LogP contribution in [0.2, 0.25) is 0 Å². The third-order valence-corrected chi connectivity index (χ3v) is 3.70. The van der Waals surface area contributed by atoms with Gasteiger partial charge in [0, 0.05) is 25.1 Å². The molecule has 0 atom stereocenters. The van der Waals surface area contributed by atoms with Crippen molar-refractivity contribution in [1.82, 2.24) is 0 Å². The first-order valence-electron chi connectivity index (χ1n) is 7.44. The van der Waals surface area contributed by atoms with Crippen LogP contribution in [-0.2, 0) is 0 Å². The van der Waals surface area contributed by atoms with Crippen molar-refractivity contribution < 1.29 is 4.92 Å². The summed E-state index contributed by atoms with van der Waals surface area (Å²) in [4.78, 5) is 10.2. The van der Waals surface area contributed by atoms with Gasteiger partial charge in [0.2, 0.25) is 0 Å². The Balaban J connectivity index is 1.83. The van der Waals surface area contributed by atoms with E-state index in [0.29, 0.717) is 11.1 Å². The molecule has 0 aliphatic carbocycles. The number of allylic oxidation sites excluding steroid dienone is 2. The molecule has 0 fully saturated rings. The van der Waals surface area contributed by atoms with E-state index in [1.807, 2.05) is 35.3 Å². The Morgan fingerprint density at radius 1 is 1.21 bits per heavy atom. The van der Waals surface area contributed by atoms with Gasteiger partial charge in [-0.1, -0.05) is 18.2 Å². The van der Waals surface area contributed by atoms with Gasteiger partial charge in [-0.05, 0) is 35.9 Å². The highest BCUT2D eigenvalue weighted by Crippen LogP contribution is 2.22. The predicted molar refractivity (Wildman–Crippen MR) is 92.5 cm³/mol. The molecule has 24 heavy (non-hydrogen) atoms. The number of hydrogen-bond acceptors (Lipinski definition) is 5. The lowest BCUT2D eigenvalue weighted by atomic mass is 10.0. The lowest BCUT2D eigenvalue weighted by molar-refractivity contribution is -0.384. The molecule has 0 unspecified atom stereocenters. The second-order valence-electron chi connectivity index (χ2n) is 5.27. The molecule has 0 amide bonds. The summed E-state index contributed by atoms with van der Waals surface area (Å²) < 4.78 is 0. The zero-order valence-electron chi connectivity index (χ0n) is 12.8. The Hall–Kier alpha value is -3.46. The first-order valence-corrected chi connectivity index (χ1v) is 7.44. The second kappa shape index (κ2) is 6.75. The lowest BCUT2D eigenvalue weighted by Gasteiger charge is -2.12. The predicted octanol–water partition coefficient (Wildman–Crippen LogP) is 3.77. The molecule has 118 valence electrons. The van der Waals surface area contributed by atoms with Crippen LogP contribution in [0.3, 0.4) is 0 Å². The van der Waals surface area contributed by atoms with Crippen molar-refractivity contribution in [2.24, 2.45) is 5.10 Å². The summed E-state index contributed by atoms with van der Waals surface area (Å²) >= 11 is 0. The SMILES string of the molecule is N#C/C(=C/C1=NN(c2ccccc2)CC1)c1ccc([N+](=O)[O-])cc1. The van der Waals surface area contributed by atoms with Crippen LogP contribution >= 0.6 is 0 Å². The molecule has 2 aromatic rings. The molecule has 1 aliphatic heterocycles. The van der Waals surface area contributed by atoms with Crippen LogP contribution in [-0.4, -0.2) is 17.2 Å². The number of nitro groups is 1. The Labute approximate surface area is 139 Å². The molecular formula is C18H14N4O2. The van der Waals surface area contributed by atoms with Gasteiger partial charge in [0.1, 0.15) is 0 Å². The van der Waals surface area contributed by atoms with E-state index in [0.717, 1.165) is 24.4 Å². The maximum atomic E-state index is 10.7. The van der Waals surface area contributed by atoms with Gasteiger partial charge in [0.15, 0.2) is 0 Å². The van der Waals surface area contributed by atoms with Gasteiger partial charge in [-0.25, -0.2) is 0 Å². The summed E-state index contributed by atoms with van der Waals surface area (Å²) in [5, 5.41) is 26.5. The number of hydrazone groups is 1. The number of nitriles is 1. The molecule has 6 nitrogen and oxygen atoms in total. The summed E-state index contributed by atoms with van der Waals surface area (Å²) in [6.07, 6.45) is 2.48. The van der Waals surface area contributed by atoms with Crippen molar-refractivity contribution in [3.8, 4) is 6.07 Å². The zero-order chi connectivity index (χ0) is 16.9. The average molecular weight is 318 g/mol. The first kappa shape index (κ1) is 15.4. The Morgan fingerprint density at radius 3 is 2.54 bits per heavy atom. The minimum atomic E-state index is -0.460. The molecule has 0 aromatic heterocycles. The molecule has 0 bridgehead atoms. The summed E-state index contributed by atoms with van der Waals surface area (Å²) in [5.41, 5.74) is 2.91. The molecule has 1 aliphatic rings. The van der Waals surface area contributed by atoms with Gasteiger partial charge in [0.25, 0.3) is 5.69 Å². The van der Waals surface area contributed by atoms with Crippen LogP contribution in [0.4, 0.5) is 11.4 Å². The van der Waals surface area contributed by atoms with E-state index in [1.165, 1.54) is 12.1 Å². The highest BCUT2D eigenvalue weighted by Gasteiger charge is 2.15. The molecule has 2 aromatic carbocycles. The molecule has 0 N–H and O–H groups in total. The number of benzene rings is 2. The van der Waals surface area contributed by atoms with Gasteiger partial charge in [0.05, 0.1) is 28.0 Å². The maximum absolute atomic E-state index is 10.7. The van der Waals surface area contributed by atoms with Crippen molar-refractivity contribution in [3.05, 3.63) is 76.4 Å². The minimum Gasteiger partial charge on any atom is -0.265 e. The van der Waals surface area contributed by atoms with Crippen LogP contribution in [0.15, 0.2) is 65.8 Å². The summed E-state index contributed by atoms with van der Waals surface area (Å²) in [6, 6.07) is 17.9. The smallest absolute Gasteiger partial charge is 0.265 e. The number of nitro benzene ring substituents is 1. The summed E-state index contributed by atoms with van der Waals surface area (Å²) in [6.45, 7) is 0.759. The molecule has 3 rings (SSSR count). The zero-order valence-corrected chi connectivity index (χ0v) is 12.8.